The van der Waals surface area contributed by atoms with Crippen LogP contribution in [0.5, 0.6) is 0 Å². The van der Waals surface area contributed by atoms with E-state index in [1.54, 1.807) is 6.07 Å². The molecule has 1 unspecified atom stereocenters. The van der Waals surface area contributed by atoms with Crippen molar-refractivity contribution in [2.75, 3.05) is 13.1 Å². The van der Waals surface area contributed by atoms with Crippen molar-refractivity contribution < 1.29 is 9.53 Å². The Morgan fingerprint density at radius 3 is 2.58 bits per heavy atom. The minimum atomic E-state index is -0.240. The van der Waals surface area contributed by atoms with E-state index in [9.17, 15) is 4.79 Å². The molecule has 0 fully saturated rings. The van der Waals surface area contributed by atoms with Crippen LogP contribution in [0.3, 0.4) is 0 Å². The van der Waals surface area contributed by atoms with Gasteiger partial charge in [0.05, 0.1) is 5.56 Å². The van der Waals surface area contributed by atoms with Crippen molar-refractivity contribution in [1.82, 2.24) is 5.32 Å². The second-order valence-corrected chi connectivity index (χ2v) is 5.42. The normalized spacial score (nSPS) is 12.5. The van der Waals surface area contributed by atoms with Gasteiger partial charge in [0.15, 0.2) is 0 Å². The van der Waals surface area contributed by atoms with Crippen LogP contribution in [0, 0.1) is 12.8 Å². The smallest absolute Gasteiger partial charge is 0.338 e. The molecule has 0 aliphatic rings. The van der Waals surface area contributed by atoms with Crippen molar-refractivity contribution in [2.24, 2.45) is 5.92 Å². The van der Waals surface area contributed by atoms with Crippen LogP contribution in [0.2, 0.25) is 0 Å². The van der Waals surface area contributed by atoms with Gasteiger partial charge in [0.25, 0.3) is 0 Å². The van der Waals surface area contributed by atoms with E-state index in [0.29, 0.717) is 18.0 Å². The zero-order valence-electron chi connectivity index (χ0n) is 12.4. The zero-order chi connectivity index (χ0) is 14.3. The summed E-state index contributed by atoms with van der Waals surface area (Å²) >= 11 is 0. The number of rotatable bonds is 7. The van der Waals surface area contributed by atoms with Crippen molar-refractivity contribution in [1.29, 1.82) is 0 Å². The summed E-state index contributed by atoms with van der Waals surface area (Å²) in [5.74, 6) is 0.452. The molecule has 1 aromatic carbocycles. The molecule has 0 saturated carbocycles. The summed E-state index contributed by atoms with van der Waals surface area (Å²) in [6, 6.07) is 7.50. The van der Waals surface area contributed by atoms with Gasteiger partial charge in [0.2, 0.25) is 0 Å². The van der Waals surface area contributed by atoms with Gasteiger partial charge in [0.1, 0.15) is 6.10 Å². The Bertz CT molecular complexity index is 401. The van der Waals surface area contributed by atoms with Crippen LogP contribution < -0.4 is 5.32 Å². The fourth-order valence-corrected chi connectivity index (χ4v) is 1.79. The highest BCUT2D eigenvalue weighted by Gasteiger charge is 2.13. The van der Waals surface area contributed by atoms with Gasteiger partial charge in [0, 0.05) is 6.54 Å². The number of carbonyl (C=O) groups excluding carboxylic acids is 1. The molecule has 3 nitrogen and oxygen atoms in total. The number of hydrogen-bond donors (Lipinski definition) is 1. The highest BCUT2D eigenvalue weighted by atomic mass is 16.5. The van der Waals surface area contributed by atoms with E-state index < -0.39 is 0 Å². The Labute approximate surface area is 116 Å². The van der Waals surface area contributed by atoms with Crippen LogP contribution in [-0.2, 0) is 4.74 Å². The fourth-order valence-electron chi connectivity index (χ4n) is 1.79. The Balaban J connectivity index is 2.34. The van der Waals surface area contributed by atoms with Crippen LogP contribution in [0.4, 0.5) is 0 Å². The molecule has 1 aromatic rings. The summed E-state index contributed by atoms with van der Waals surface area (Å²) in [5.41, 5.74) is 1.60. The van der Waals surface area contributed by atoms with Crippen LogP contribution >= 0.6 is 0 Å². The molecule has 0 bridgehead atoms. The third-order valence-corrected chi connectivity index (χ3v) is 3.00. The number of ether oxygens (including phenoxy) is 1. The lowest BCUT2D eigenvalue weighted by Crippen LogP contribution is -2.30. The Morgan fingerprint density at radius 1 is 1.26 bits per heavy atom. The molecule has 0 saturated heterocycles. The molecule has 0 radical (unpaired) electrons. The first-order valence-electron chi connectivity index (χ1n) is 6.98. The maximum atomic E-state index is 12.0. The first kappa shape index (κ1) is 15.7. The third-order valence-electron chi connectivity index (χ3n) is 3.00. The summed E-state index contributed by atoms with van der Waals surface area (Å²) < 4.78 is 5.42. The van der Waals surface area contributed by atoms with Gasteiger partial charge in [-0.2, -0.15) is 0 Å². The number of hydrogen-bond acceptors (Lipinski definition) is 3. The summed E-state index contributed by atoms with van der Waals surface area (Å²) in [7, 11) is 0. The van der Waals surface area contributed by atoms with E-state index in [1.807, 2.05) is 32.0 Å². The summed E-state index contributed by atoms with van der Waals surface area (Å²) in [5, 5.41) is 3.31. The molecular weight excluding hydrogens is 238 g/mol. The monoisotopic (exact) mass is 263 g/mol. The lowest BCUT2D eigenvalue weighted by Gasteiger charge is -2.15. The van der Waals surface area contributed by atoms with Crippen molar-refractivity contribution in [3.8, 4) is 0 Å². The molecule has 19 heavy (non-hydrogen) atoms. The summed E-state index contributed by atoms with van der Waals surface area (Å²) in [4.78, 5) is 12.0. The van der Waals surface area contributed by atoms with E-state index in [4.69, 9.17) is 4.74 Å². The van der Waals surface area contributed by atoms with Crippen LogP contribution in [0.15, 0.2) is 24.3 Å². The predicted octanol–water partition coefficient (Wildman–Crippen LogP) is 3.18. The summed E-state index contributed by atoms with van der Waals surface area (Å²) in [6.45, 7) is 9.89. The molecule has 0 amide bonds. The Kier molecular flexibility index (Phi) is 6.57. The highest BCUT2D eigenvalue weighted by molar-refractivity contribution is 5.91. The first-order valence-corrected chi connectivity index (χ1v) is 6.98. The van der Waals surface area contributed by atoms with E-state index in [2.05, 4.69) is 19.2 Å². The Hall–Kier alpha value is -1.35. The van der Waals surface area contributed by atoms with Gasteiger partial charge in [-0.1, -0.05) is 32.0 Å². The Morgan fingerprint density at radius 2 is 1.95 bits per heavy atom. The first-order chi connectivity index (χ1) is 9.00. The molecule has 1 atom stereocenters. The molecule has 3 heteroatoms. The molecule has 1 rings (SSSR count). The van der Waals surface area contributed by atoms with E-state index in [-0.39, 0.29) is 12.1 Å². The number of nitrogens with one attached hydrogen (secondary N) is 1. The van der Waals surface area contributed by atoms with Crippen LogP contribution in [0.25, 0.3) is 0 Å². The van der Waals surface area contributed by atoms with Gasteiger partial charge < -0.3 is 10.1 Å². The van der Waals surface area contributed by atoms with Gasteiger partial charge in [-0.25, -0.2) is 4.79 Å². The van der Waals surface area contributed by atoms with Gasteiger partial charge in [-0.05, 0) is 44.4 Å². The summed E-state index contributed by atoms with van der Waals surface area (Å²) in [6.07, 6.45) is 1.03. The van der Waals surface area contributed by atoms with Gasteiger partial charge >= 0.3 is 5.97 Å². The standard InChI is InChI=1S/C16H25NO2/c1-12(2)9-10-17-11-14(4)19-16(18)15-8-6-5-7-13(15)3/h5-8,12,14,17H,9-11H2,1-4H3. The molecule has 0 heterocycles. The molecular formula is C16H25NO2. The van der Waals surface area contributed by atoms with Crippen molar-refractivity contribution in [2.45, 2.75) is 40.2 Å². The number of benzene rings is 1. The second kappa shape index (κ2) is 7.95. The maximum absolute atomic E-state index is 12.0. The molecule has 0 aliphatic carbocycles. The minimum Gasteiger partial charge on any atom is -0.458 e. The van der Waals surface area contributed by atoms with Crippen LogP contribution in [-0.4, -0.2) is 25.2 Å². The topological polar surface area (TPSA) is 38.3 Å². The third kappa shape index (κ3) is 5.88. The molecule has 0 aliphatic heterocycles. The largest absolute Gasteiger partial charge is 0.458 e. The second-order valence-electron chi connectivity index (χ2n) is 5.42. The van der Waals surface area contributed by atoms with E-state index >= 15 is 0 Å². The highest BCUT2D eigenvalue weighted by Crippen LogP contribution is 2.09. The fraction of sp³-hybridized carbons (Fsp3) is 0.562. The van der Waals surface area contributed by atoms with Crippen molar-refractivity contribution in [3.63, 3.8) is 0 Å². The number of esters is 1. The SMILES string of the molecule is Cc1ccccc1C(=O)OC(C)CNCCC(C)C. The molecule has 1 N–H and O–H groups in total. The molecule has 0 aromatic heterocycles. The maximum Gasteiger partial charge on any atom is 0.338 e. The predicted molar refractivity (Wildman–Crippen MR) is 78.4 cm³/mol. The van der Waals surface area contributed by atoms with E-state index in [0.717, 1.165) is 18.5 Å². The number of carbonyl (C=O) groups is 1. The van der Waals surface area contributed by atoms with Crippen LogP contribution in [0.1, 0.15) is 43.1 Å². The average Bonchev–Trinajstić information content (AvgIpc) is 2.35. The van der Waals surface area contributed by atoms with Gasteiger partial charge in [-0.3, -0.25) is 0 Å². The van der Waals surface area contributed by atoms with E-state index in [1.165, 1.54) is 0 Å². The van der Waals surface area contributed by atoms with Gasteiger partial charge in [-0.15, -0.1) is 0 Å². The minimum absolute atomic E-state index is 0.112. The average molecular weight is 263 g/mol. The van der Waals surface area contributed by atoms with Crippen molar-refractivity contribution >= 4 is 5.97 Å². The zero-order valence-corrected chi connectivity index (χ0v) is 12.4. The quantitative estimate of drug-likeness (QED) is 0.606. The molecule has 0 spiro atoms. The molecule has 106 valence electrons. The van der Waals surface area contributed by atoms with Crippen molar-refractivity contribution in [3.05, 3.63) is 35.4 Å². The lowest BCUT2D eigenvalue weighted by molar-refractivity contribution is 0.0341. The number of aryl methyl sites for hydroxylation is 1. The lowest BCUT2D eigenvalue weighted by atomic mass is 10.1.